The number of carbonyl (C=O) groups is 3. The third-order valence-electron chi connectivity index (χ3n) is 5.37. The van der Waals surface area contributed by atoms with Crippen molar-refractivity contribution < 1.29 is 24.2 Å². The highest BCUT2D eigenvalue weighted by atomic mass is 16.6. The SMILES string of the molecule is C[C@@H](C(=O)[C@@H](C)[C@H](O)c1ccccc1)C(=O)N1C(=O)OC[C@@H]1Cc1ccccc1. The molecule has 1 aliphatic heterocycles. The van der Waals surface area contributed by atoms with E-state index >= 15 is 0 Å². The lowest BCUT2D eigenvalue weighted by Crippen LogP contribution is -2.46. The molecule has 2 aromatic rings. The molecule has 4 atom stereocenters. The number of Topliss-reactive ketones (excluding diaryl/α,β-unsaturated/α-hetero) is 1. The number of imide groups is 1. The molecule has 0 spiro atoms. The Morgan fingerprint density at radius 1 is 1.07 bits per heavy atom. The summed E-state index contributed by atoms with van der Waals surface area (Å²) in [6.45, 7) is 3.17. The Balaban J connectivity index is 1.71. The van der Waals surface area contributed by atoms with Crippen molar-refractivity contribution in [3.05, 3.63) is 71.8 Å². The van der Waals surface area contributed by atoms with E-state index in [1.54, 1.807) is 31.2 Å². The predicted molar refractivity (Wildman–Crippen MR) is 107 cm³/mol. The zero-order valence-corrected chi connectivity index (χ0v) is 16.5. The zero-order chi connectivity index (χ0) is 21.0. The molecule has 0 saturated carbocycles. The van der Waals surface area contributed by atoms with Crippen LogP contribution in [-0.4, -0.2) is 40.4 Å². The first-order chi connectivity index (χ1) is 13.9. The van der Waals surface area contributed by atoms with Gasteiger partial charge in [0.25, 0.3) is 0 Å². The largest absolute Gasteiger partial charge is 0.447 e. The molecule has 1 saturated heterocycles. The van der Waals surface area contributed by atoms with Crippen molar-refractivity contribution in [1.29, 1.82) is 0 Å². The minimum atomic E-state index is -1.06. The molecular formula is C23H25NO5. The first kappa shape index (κ1) is 20.7. The van der Waals surface area contributed by atoms with E-state index in [0.717, 1.165) is 10.5 Å². The van der Waals surface area contributed by atoms with Gasteiger partial charge in [-0.05, 0) is 24.5 Å². The molecule has 0 aliphatic carbocycles. The van der Waals surface area contributed by atoms with Crippen LogP contribution in [0, 0.1) is 11.8 Å². The molecule has 2 aromatic carbocycles. The summed E-state index contributed by atoms with van der Waals surface area (Å²) in [5.41, 5.74) is 1.58. The summed E-state index contributed by atoms with van der Waals surface area (Å²) in [5.74, 6) is -2.86. The van der Waals surface area contributed by atoms with Gasteiger partial charge in [-0.3, -0.25) is 9.59 Å². The van der Waals surface area contributed by atoms with Gasteiger partial charge in [-0.25, -0.2) is 9.69 Å². The topological polar surface area (TPSA) is 83.9 Å². The molecule has 1 fully saturated rings. The molecule has 0 radical (unpaired) electrons. The number of cyclic esters (lactones) is 1. The molecule has 2 amide bonds. The molecule has 3 rings (SSSR count). The van der Waals surface area contributed by atoms with E-state index in [1.807, 2.05) is 36.4 Å². The van der Waals surface area contributed by atoms with Crippen LogP contribution in [-0.2, 0) is 20.7 Å². The Morgan fingerprint density at radius 2 is 1.66 bits per heavy atom. The van der Waals surface area contributed by atoms with E-state index in [2.05, 4.69) is 0 Å². The van der Waals surface area contributed by atoms with E-state index in [1.165, 1.54) is 6.92 Å². The number of aliphatic hydroxyl groups is 1. The van der Waals surface area contributed by atoms with Crippen molar-refractivity contribution in [2.75, 3.05) is 6.61 Å². The summed E-state index contributed by atoms with van der Waals surface area (Å²) in [5, 5.41) is 10.5. The smallest absolute Gasteiger partial charge is 0.417 e. The van der Waals surface area contributed by atoms with Gasteiger partial charge in [0.2, 0.25) is 5.91 Å². The predicted octanol–water partition coefficient (Wildman–Crippen LogP) is 3.15. The number of hydrogen-bond donors (Lipinski definition) is 1. The first-order valence-electron chi connectivity index (χ1n) is 9.70. The Kier molecular flexibility index (Phi) is 6.44. The summed E-state index contributed by atoms with van der Waals surface area (Å²) in [7, 11) is 0. The van der Waals surface area contributed by atoms with Gasteiger partial charge < -0.3 is 9.84 Å². The van der Waals surface area contributed by atoms with E-state index in [0.29, 0.717) is 12.0 Å². The Bertz CT molecular complexity index is 867. The van der Waals surface area contributed by atoms with Gasteiger partial charge >= 0.3 is 6.09 Å². The molecule has 0 unspecified atom stereocenters. The highest BCUT2D eigenvalue weighted by Gasteiger charge is 2.42. The van der Waals surface area contributed by atoms with Crippen LogP contribution in [0.4, 0.5) is 4.79 Å². The molecular weight excluding hydrogens is 370 g/mol. The molecule has 0 aromatic heterocycles. The van der Waals surface area contributed by atoms with Crippen molar-refractivity contribution in [1.82, 2.24) is 4.90 Å². The fourth-order valence-electron chi connectivity index (χ4n) is 3.59. The Morgan fingerprint density at radius 3 is 2.28 bits per heavy atom. The lowest BCUT2D eigenvalue weighted by atomic mass is 9.87. The fraction of sp³-hybridized carbons (Fsp3) is 0.348. The fourth-order valence-corrected chi connectivity index (χ4v) is 3.59. The van der Waals surface area contributed by atoms with Crippen LogP contribution < -0.4 is 0 Å². The van der Waals surface area contributed by atoms with Crippen LogP contribution in [0.3, 0.4) is 0 Å². The van der Waals surface area contributed by atoms with Crippen molar-refractivity contribution >= 4 is 17.8 Å². The van der Waals surface area contributed by atoms with E-state index in [-0.39, 0.29) is 6.61 Å². The highest BCUT2D eigenvalue weighted by Crippen LogP contribution is 2.27. The quantitative estimate of drug-likeness (QED) is 0.728. The molecule has 1 aliphatic rings. The number of carbonyl (C=O) groups excluding carboxylic acids is 3. The number of benzene rings is 2. The second kappa shape index (κ2) is 9.01. The maximum atomic E-state index is 13.0. The minimum Gasteiger partial charge on any atom is -0.447 e. The van der Waals surface area contributed by atoms with Crippen LogP contribution in [0.1, 0.15) is 31.1 Å². The maximum Gasteiger partial charge on any atom is 0.417 e. The monoisotopic (exact) mass is 395 g/mol. The van der Waals surface area contributed by atoms with Crippen LogP contribution in [0.5, 0.6) is 0 Å². The normalized spacial score (nSPS) is 19.3. The van der Waals surface area contributed by atoms with Crippen molar-refractivity contribution in [3.63, 3.8) is 0 Å². The molecule has 6 heteroatoms. The van der Waals surface area contributed by atoms with Crippen molar-refractivity contribution in [2.45, 2.75) is 32.4 Å². The summed E-state index contributed by atoms with van der Waals surface area (Å²) in [6.07, 6.45) is -1.29. The van der Waals surface area contributed by atoms with Gasteiger partial charge in [-0.2, -0.15) is 0 Å². The number of ketones is 1. The third kappa shape index (κ3) is 4.54. The van der Waals surface area contributed by atoms with Crippen LogP contribution >= 0.6 is 0 Å². The Labute approximate surface area is 170 Å². The lowest BCUT2D eigenvalue weighted by Gasteiger charge is -2.25. The minimum absolute atomic E-state index is 0.0998. The summed E-state index contributed by atoms with van der Waals surface area (Å²) in [4.78, 5) is 39.1. The van der Waals surface area contributed by atoms with E-state index < -0.39 is 41.8 Å². The standard InChI is InChI=1S/C23H25NO5/c1-15(21(26)18-11-7-4-8-12-18)20(25)16(2)22(27)24-19(14-29-23(24)28)13-17-9-5-3-6-10-17/h3-12,15-16,19,21,26H,13-14H2,1-2H3/t15-,16+,19+,21+/m1/s1. The summed E-state index contributed by atoms with van der Waals surface area (Å²) < 4.78 is 5.08. The third-order valence-corrected chi connectivity index (χ3v) is 5.37. The van der Waals surface area contributed by atoms with Crippen molar-refractivity contribution in [2.24, 2.45) is 11.8 Å². The number of hydrogen-bond acceptors (Lipinski definition) is 5. The average molecular weight is 395 g/mol. The van der Waals surface area contributed by atoms with Crippen LogP contribution in [0.2, 0.25) is 0 Å². The maximum absolute atomic E-state index is 13.0. The zero-order valence-electron chi connectivity index (χ0n) is 16.5. The molecule has 6 nitrogen and oxygen atoms in total. The second-order valence-electron chi connectivity index (χ2n) is 7.40. The number of ether oxygens (including phenoxy) is 1. The second-order valence-corrected chi connectivity index (χ2v) is 7.40. The first-order valence-corrected chi connectivity index (χ1v) is 9.70. The van der Waals surface area contributed by atoms with Gasteiger partial charge in [0.1, 0.15) is 6.61 Å². The highest BCUT2D eigenvalue weighted by molar-refractivity contribution is 6.07. The summed E-state index contributed by atoms with van der Waals surface area (Å²) >= 11 is 0. The molecule has 152 valence electrons. The number of rotatable bonds is 7. The van der Waals surface area contributed by atoms with Crippen LogP contribution in [0.15, 0.2) is 60.7 Å². The van der Waals surface area contributed by atoms with Gasteiger partial charge in [-0.15, -0.1) is 0 Å². The average Bonchev–Trinajstić information content (AvgIpc) is 3.12. The van der Waals surface area contributed by atoms with Gasteiger partial charge in [-0.1, -0.05) is 67.6 Å². The Hall–Kier alpha value is -2.99. The number of amides is 2. The lowest BCUT2D eigenvalue weighted by molar-refractivity contribution is -0.142. The molecule has 29 heavy (non-hydrogen) atoms. The van der Waals surface area contributed by atoms with Gasteiger partial charge in [0.15, 0.2) is 5.78 Å². The number of aliphatic hydroxyl groups excluding tert-OH is 1. The van der Waals surface area contributed by atoms with Crippen LogP contribution in [0.25, 0.3) is 0 Å². The number of nitrogens with zero attached hydrogens (tertiary/aromatic N) is 1. The molecule has 1 N–H and O–H groups in total. The van der Waals surface area contributed by atoms with Gasteiger partial charge in [0, 0.05) is 5.92 Å². The molecule has 0 bridgehead atoms. The summed E-state index contributed by atoms with van der Waals surface area (Å²) in [6, 6.07) is 17.9. The van der Waals surface area contributed by atoms with Gasteiger partial charge in [0.05, 0.1) is 18.1 Å². The molecule has 1 heterocycles. The van der Waals surface area contributed by atoms with Crippen molar-refractivity contribution in [3.8, 4) is 0 Å². The van der Waals surface area contributed by atoms with E-state index in [4.69, 9.17) is 4.74 Å². The van der Waals surface area contributed by atoms with E-state index in [9.17, 15) is 19.5 Å².